The van der Waals surface area contributed by atoms with E-state index in [0.717, 1.165) is 37.8 Å². The molecule has 28 heavy (non-hydrogen) atoms. The number of anilines is 1. The fraction of sp³-hybridized carbons (Fsp3) is 0.435. The Balaban J connectivity index is 1.60. The highest BCUT2D eigenvalue weighted by atomic mass is 16.5. The molecule has 0 aromatic heterocycles. The minimum Gasteiger partial charge on any atom is -0.496 e. The molecule has 1 aliphatic heterocycles. The van der Waals surface area contributed by atoms with E-state index in [1.807, 2.05) is 12.1 Å². The standard InChI is InChI=1S/C23H32N4O/c1-4-24-23(25-16-18(2)21-12-8-9-13-22(21)28-3)26-19-14-15-27(17-19)20-10-6-5-7-11-20/h5-13,18-19H,4,14-17H2,1-3H3,(H2,24,25,26). The predicted octanol–water partition coefficient (Wildman–Crippen LogP) is 3.63. The molecule has 0 amide bonds. The second-order valence-electron chi connectivity index (χ2n) is 7.27. The lowest BCUT2D eigenvalue weighted by Gasteiger charge is -2.21. The van der Waals surface area contributed by atoms with Crippen molar-refractivity contribution in [3.8, 4) is 5.75 Å². The number of methoxy groups -OCH3 is 1. The molecule has 0 aliphatic carbocycles. The molecule has 2 aromatic carbocycles. The van der Waals surface area contributed by atoms with Crippen LogP contribution in [0.25, 0.3) is 0 Å². The van der Waals surface area contributed by atoms with Crippen LogP contribution < -0.4 is 20.3 Å². The van der Waals surface area contributed by atoms with Crippen molar-refractivity contribution in [2.24, 2.45) is 4.99 Å². The average Bonchev–Trinajstić information content (AvgIpc) is 3.21. The van der Waals surface area contributed by atoms with Gasteiger partial charge in [0.15, 0.2) is 5.96 Å². The van der Waals surface area contributed by atoms with E-state index in [9.17, 15) is 0 Å². The fourth-order valence-electron chi connectivity index (χ4n) is 3.66. The maximum absolute atomic E-state index is 5.50. The van der Waals surface area contributed by atoms with E-state index in [1.165, 1.54) is 11.3 Å². The maximum Gasteiger partial charge on any atom is 0.191 e. The van der Waals surface area contributed by atoms with Crippen molar-refractivity contribution >= 4 is 11.6 Å². The highest BCUT2D eigenvalue weighted by Gasteiger charge is 2.23. The zero-order valence-electron chi connectivity index (χ0n) is 17.2. The van der Waals surface area contributed by atoms with Crippen LogP contribution in [0.3, 0.4) is 0 Å². The number of hydrogen-bond donors (Lipinski definition) is 2. The van der Waals surface area contributed by atoms with Gasteiger partial charge in [-0.1, -0.05) is 43.3 Å². The van der Waals surface area contributed by atoms with E-state index in [4.69, 9.17) is 9.73 Å². The number of aliphatic imine (C=N–C) groups is 1. The third kappa shape index (κ3) is 5.18. The molecule has 2 aromatic rings. The average molecular weight is 381 g/mol. The normalized spacial score (nSPS) is 18.0. The van der Waals surface area contributed by atoms with Gasteiger partial charge in [0.1, 0.15) is 5.75 Å². The van der Waals surface area contributed by atoms with Crippen LogP contribution in [0.15, 0.2) is 59.6 Å². The molecule has 1 heterocycles. The summed E-state index contributed by atoms with van der Waals surface area (Å²) < 4.78 is 5.50. The topological polar surface area (TPSA) is 48.9 Å². The molecule has 2 unspecified atom stereocenters. The molecule has 1 fully saturated rings. The van der Waals surface area contributed by atoms with Gasteiger partial charge < -0.3 is 20.3 Å². The van der Waals surface area contributed by atoms with Gasteiger partial charge in [-0.05, 0) is 37.1 Å². The van der Waals surface area contributed by atoms with Crippen LogP contribution in [0.4, 0.5) is 5.69 Å². The second kappa shape index (κ2) is 10.0. The number of para-hydroxylation sites is 2. The van der Waals surface area contributed by atoms with Gasteiger partial charge in [-0.15, -0.1) is 0 Å². The molecule has 5 nitrogen and oxygen atoms in total. The lowest BCUT2D eigenvalue weighted by atomic mass is 10.0. The summed E-state index contributed by atoms with van der Waals surface area (Å²) in [4.78, 5) is 7.28. The zero-order chi connectivity index (χ0) is 19.8. The van der Waals surface area contributed by atoms with Crippen LogP contribution in [-0.4, -0.2) is 45.3 Å². The van der Waals surface area contributed by atoms with Crippen molar-refractivity contribution in [2.75, 3.05) is 38.2 Å². The third-order valence-electron chi connectivity index (χ3n) is 5.19. The molecule has 2 atom stereocenters. The molecular weight excluding hydrogens is 348 g/mol. The van der Waals surface area contributed by atoms with Gasteiger partial charge in [-0.25, -0.2) is 0 Å². The molecular formula is C23H32N4O. The van der Waals surface area contributed by atoms with Gasteiger partial charge in [0.2, 0.25) is 0 Å². The lowest BCUT2D eigenvalue weighted by molar-refractivity contribution is 0.406. The summed E-state index contributed by atoms with van der Waals surface area (Å²) in [7, 11) is 1.72. The van der Waals surface area contributed by atoms with Gasteiger partial charge in [0, 0.05) is 43.8 Å². The number of nitrogens with one attached hydrogen (secondary N) is 2. The van der Waals surface area contributed by atoms with E-state index in [-0.39, 0.29) is 5.92 Å². The summed E-state index contributed by atoms with van der Waals surface area (Å²) in [5, 5.41) is 7.01. The molecule has 0 spiro atoms. The first kappa shape index (κ1) is 20.1. The Bertz CT molecular complexity index is 762. The number of ether oxygens (including phenoxy) is 1. The summed E-state index contributed by atoms with van der Waals surface area (Å²) in [5.74, 6) is 2.11. The maximum atomic E-state index is 5.50. The van der Waals surface area contributed by atoms with Crippen molar-refractivity contribution in [1.29, 1.82) is 0 Å². The largest absolute Gasteiger partial charge is 0.496 e. The van der Waals surface area contributed by atoms with Gasteiger partial charge in [0.25, 0.3) is 0 Å². The summed E-state index contributed by atoms with van der Waals surface area (Å²) in [6.45, 7) is 7.92. The van der Waals surface area contributed by atoms with Gasteiger partial charge in [-0.3, -0.25) is 4.99 Å². The van der Waals surface area contributed by atoms with Crippen LogP contribution in [0.2, 0.25) is 0 Å². The first-order chi connectivity index (χ1) is 13.7. The van der Waals surface area contributed by atoms with Crippen molar-refractivity contribution in [1.82, 2.24) is 10.6 Å². The number of guanidine groups is 1. The van der Waals surface area contributed by atoms with Crippen molar-refractivity contribution < 1.29 is 4.74 Å². The van der Waals surface area contributed by atoms with Gasteiger partial charge in [-0.2, -0.15) is 0 Å². The fourth-order valence-corrected chi connectivity index (χ4v) is 3.66. The lowest BCUT2D eigenvalue weighted by Crippen LogP contribution is -2.44. The number of rotatable bonds is 7. The Morgan fingerprint density at radius 1 is 1.18 bits per heavy atom. The minimum absolute atomic E-state index is 0.288. The molecule has 2 N–H and O–H groups in total. The monoisotopic (exact) mass is 380 g/mol. The third-order valence-corrected chi connectivity index (χ3v) is 5.19. The van der Waals surface area contributed by atoms with Crippen LogP contribution in [-0.2, 0) is 0 Å². The summed E-state index contributed by atoms with van der Waals surface area (Å²) in [5.41, 5.74) is 2.49. The van der Waals surface area contributed by atoms with E-state index in [1.54, 1.807) is 7.11 Å². The second-order valence-corrected chi connectivity index (χ2v) is 7.27. The number of benzene rings is 2. The molecule has 0 bridgehead atoms. The SMILES string of the molecule is CCNC(=NCC(C)c1ccccc1OC)NC1CCN(c2ccccc2)C1. The van der Waals surface area contributed by atoms with Crippen molar-refractivity contribution in [3.63, 3.8) is 0 Å². The van der Waals surface area contributed by atoms with E-state index in [2.05, 4.69) is 71.8 Å². The highest BCUT2D eigenvalue weighted by Crippen LogP contribution is 2.26. The molecule has 3 rings (SSSR count). The predicted molar refractivity (Wildman–Crippen MR) is 118 cm³/mol. The van der Waals surface area contributed by atoms with Crippen molar-refractivity contribution in [3.05, 3.63) is 60.2 Å². The molecule has 1 aliphatic rings. The minimum atomic E-state index is 0.288. The quantitative estimate of drug-likeness (QED) is 0.569. The molecule has 5 heteroatoms. The molecule has 1 saturated heterocycles. The summed E-state index contributed by atoms with van der Waals surface area (Å²) >= 11 is 0. The molecule has 0 saturated carbocycles. The molecule has 150 valence electrons. The Labute approximate surface area is 168 Å². The van der Waals surface area contributed by atoms with Crippen LogP contribution in [0, 0.1) is 0 Å². The Morgan fingerprint density at radius 3 is 2.68 bits per heavy atom. The Hall–Kier alpha value is -2.69. The summed E-state index contributed by atoms with van der Waals surface area (Å²) in [6.07, 6.45) is 1.11. The first-order valence-electron chi connectivity index (χ1n) is 10.2. The van der Waals surface area contributed by atoms with Gasteiger partial charge in [0.05, 0.1) is 7.11 Å². The molecule has 0 radical (unpaired) electrons. The smallest absolute Gasteiger partial charge is 0.191 e. The van der Waals surface area contributed by atoms with Crippen LogP contribution in [0.5, 0.6) is 5.75 Å². The van der Waals surface area contributed by atoms with Gasteiger partial charge >= 0.3 is 0 Å². The van der Waals surface area contributed by atoms with E-state index >= 15 is 0 Å². The van der Waals surface area contributed by atoms with E-state index < -0.39 is 0 Å². The Kier molecular flexibility index (Phi) is 7.18. The first-order valence-corrected chi connectivity index (χ1v) is 10.2. The number of hydrogen-bond acceptors (Lipinski definition) is 3. The highest BCUT2D eigenvalue weighted by molar-refractivity contribution is 5.80. The zero-order valence-corrected chi connectivity index (χ0v) is 17.2. The van der Waals surface area contributed by atoms with E-state index in [0.29, 0.717) is 12.6 Å². The van der Waals surface area contributed by atoms with Crippen molar-refractivity contribution in [2.45, 2.75) is 32.2 Å². The van der Waals surface area contributed by atoms with Crippen LogP contribution >= 0.6 is 0 Å². The summed E-state index contributed by atoms with van der Waals surface area (Å²) in [6, 6.07) is 19.2. The van der Waals surface area contributed by atoms with Crippen LogP contribution in [0.1, 0.15) is 31.7 Å². The number of nitrogens with zero attached hydrogens (tertiary/aromatic N) is 2. The Morgan fingerprint density at radius 2 is 1.93 bits per heavy atom.